The first-order chi connectivity index (χ1) is 13.5. The van der Waals surface area contributed by atoms with Gasteiger partial charge in [-0.25, -0.2) is 0 Å². The van der Waals surface area contributed by atoms with Crippen LogP contribution in [0.2, 0.25) is 0 Å². The fraction of sp³-hybridized carbons (Fsp3) is 0.545. The van der Waals surface area contributed by atoms with E-state index < -0.39 is 12.2 Å². The summed E-state index contributed by atoms with van der Waals surface area (Å²) in [7, 11) is 0. The van der Waals surface area contributed by atoms with Gasteiger partial charge in [-0.1, -0.05) is 32.0 Å². The quantitative estimate of drug-likeness (QED) is 0.860. The average Bonchev–Trinajstić information content (AvgIpc) is 3.32. The van der Waals surface area contributed by atoms with Gasteiger partial charge in [-0.3, -0.25) is 14.5 Å². The van der Waals surface area contributed by atoms with Gasteiger partial charge in [0.1, 0.15) is 6.04 Å². The highest BCUT2D eigenvalue weighted by atomic mass is 16.2. The number of hydrogen-bond donors (Lipinski definition) is 2. The highest BCUT2D eigenvalue weighted by molar-refractivity contribution is 5.98. The summed E-state index contributed by atoms with van der Waals surface area (Å²) in [5, 5.41) is 4.21. The van der Waals surface area contributed by atoms with Gasteiger partial charge >= 0.3 is 0 Å². The average molecular weight is 380 g/mol. The van der Waals surface area contributed by atoms with Crippen LogP contribution >= 0.6 is 0 Å². The van der Waals surface area contributed by atoms with Gasteiger partial charge in [0.2, 0.25) is 5.91 Å². The molecule has 3 atom stereocenters. The number of fused-ring (bicyclic) bond motifs is 4. The second-order valence-electron chi connectivity index (χ2n) is 8.83. The molecular weight excluding hydrogens is 352 g/mol. The topological polar surface area (TPSA) is 68.4 Å². The van der Waals surface area contributed by atoms with E-state index in [2.05, 4.69) is 41.2 Å². The second-order valence-corrected chi connectivity index (χ2v) is 8.83. The molecule has 6 heteroatoms. The Morgan fingerprint density at radius 3 is 2.64 bits per heavy atom. The van der Waals surface area contributed by atoms with Gasteiger partial charge in [-0.2, -0.15) is 0 Å². The Hall–Kier alpha value is -2.34. The number of nitrogens with zero attached hydrogens (tertiary/aromatic N) is 2. The van der Waals surface area contributed by atoms with Crippen LogP contribution in [-0.4, -0.2) is 51.9 Å². The summed E-state index contributed by atoms with van der Waals surface area (Å²) < 4.78 is 0. The maximum absolute atomic E-state index is 13.6. The van der Waals surface area contributed by atoms with Gasteiger partial charge in [0, 0.05) is 36.1 Å². The highest BCUT2D eigenvalue weighted by Gasteiger charge is 2.50. The summed E-state index contributed by atoms with van der Waals surface area (Å²) in [4.78, 5) is 34.3. The van der Waals surface area contributed by atoms with E-state index in [9.17, 15) is 9.59 Å². The molecule has 0 spiro atoms. The Bertz CT molecular complexity index is 928. The van der Waals surface area contributed by atoms with Gasteiger partial charge in [0.25, 0.3) is 5.91 Å². The molecule has 0 bridgehead atoms. The smallest absolute Gasteiger partial charge is 0.261 e. The third-order valence-electron chi connectivity index (χ3n) is 6.52. The summed E-state index contributed by atoms with van der Waals surface area (Å²) in [5.74, 6) is 0.466. The summed E-state index contributed by atoms with van der Waals surface area (Å²) in [5.41, 5.74) is 3.41. The molecule has 2 fully saturated rings. The Morgan fingerprint density at radius 1 is 1.14 bits per heavy atom. The number of aromatic nitrogens is 1. The summed E-state index contributed by atoms with van der Waals surface area (Å²) in [6, 6.07) is 7.76. The van der Waals surface area contributed by atoms with Crippen LogP contribution in [0.3, 0.4) is 0 Å². The number of hydrogen-bond acceptors (Lipinski definition) is 3. The number of H-pyrrole nitrogens is 1. The van der Waals surface area contributed by atoms with Gasteiger partial charge in [-0.05, 0) is 36.8 Å². The fourth-order valence-corrected chi connectivity index (χ4v) is 5.26. The number of nitrogens with one attached hydrogen (secondary N) is 2. The zero-order chi connectivity index (χ0) is 19.4. The van der Waals surface area contributed by atoms with Crippen molar-refractivity contribution in [3.05, 3.63) is 35.5 Å². The van der Waals surface area contributed by atoms with E-state index in [1.807, 2.05) is 17.0 Å². The minimum atomic E-state index is -0.508. The number of likely N-dealkylation sites (tertiary alicyclic amines) is 1. The van der Waals surface area contributed by atoms with E-state index in [-0.39, 0.29) is 17.9 Å². The molecule has 0 aliphatic carbocycles. The van der Waals surface area contributed by atoms with Crippen LogP contribution in [0.4, 0.5) is 0 Å². The Labute approximate surface area is 165 Å². The van der Waals surface area contributed by atoms with Crippen LogP contribution in [0.15, 0.2) is 24.3 Å². The predicted molar refractivity (Wildman–Crippen MR) is 108 cm³/mol. The molecular formula is C22H28N4O2. The molecule has 28 heavy (non-hydrogen) atoms. The van der Waals surface area contributed by atoms with Gasteiger partial charge in [-0.15, -0.1) is 0 Å². The largest absolute Gasteiger partial charge is 0.356 e. The Morgan fingerprint density at radius 2 is 1.89 bits per heavy atom. The van der Waals surface area contributed by atoms with Crippen LogP contribution in [0, 0.1) is 5.92 Å². The molecule has 2 amide bonds. The number of aromatic amines is 1. The van der Waals surface area contributed by atoms with E-state index in [1.165, 1.54) is 10.9 Å². The molecule has 2 saturated heterocycles. The summed E-state index contributed by atoms with van der Waals surface area (Å²) in [6.07, 6.45) is 3.10. The molecule has 4 heterocycles. The van der Waals surface area contributed by atoms with Gasteiger partial charge in [0.05, 0.1) is 6.04 Å². The number of amides is 2. The van der Waals surface area contributed by atoms with Gasteiger partial charge < -0.3 is 15.2 Å². The van der Waals surface area contributed by atoms with Crippen molar-refractivity contribution < 1.29 is 9.59 Å². The Balaban J connectivity index is 1.60. The van der Waals surface area contributed by atoms with Crippen molar-refractivity contribution in [2.24, 2.45) is 5.92 Å². The maximum atomic E-state index is 13.6. The Kier molecular flexibility index (Phi) is 4.19. The summed E-state index contributed by atoms with van der Waals surface area (Å²) >= 11 is 0. The van der Waals surface area contributed by atoms with Crippen LogP contribution in [0.1, 0.15) is 50.4 Å². The zero-order valence-corrected chi connectivity index (χ0v) is 16.6. The highest BCUT2D eigenvalue weighted by Crippen LogP contribution is 2.42. The van der Waals surface area contributed by atoms with E-state index >= 15 is 0 Å². The van der Waals surface area contributed by atoms with Crippen LogP contribution in [-0.2, 0) is 16.0 Å². The zero-order valence-electron chi connectivity index (χ0n) is 16.6. The first-order valence-corrected chi connectivity index (χ1v) is 10.5. The van der Waals surface area contributed by atoms with Crippen molar-refractivity contribution in [1.29, 1.82) is 0 Å². The van der Waals surface area contributed by atoms with E-state index in [0.717, 1.165) is 43.6 Å². The van der Waals surface area contributed by atoms with Crippen molar-refractivity contribution in [3.63, 3.8) is 0 Å². The number of carbonyl (C=O) groups excluding carboxylic acids is 2. The molecule has 1 aromatic carbocycles. The van der Waals surface area contributed by atoms with Crippen molar-refractivity contribution in [3.8, 4) is 0 Å². The maximum Gasteiger partial charge on any atom is 0.261 e. The molecule has 148 valence electrons. The standard InChI is InChI=1S/C22H28N4O2/c1-13(2)11-17-19-15(14-7-3-4-8-16(14)23-19)12-18-21(27)24-20(22(28)26(17)18)25-9-5-6-10-25/h3-4,7-8,13,17-18,20,23H,5-6,9-12H2,1-2H3,(H,24,27)/t17?,18-,20?/m0/s1. The molecule has 6 nitrogen and oxygen atoms in total. The molecule has 3 aliphatic heterocycles. The molecule has 3 aliphatic rings. The SMILES string of the molecule is CC(C)CC1c2[nH]c3ccccc3c2C[C@H]2C(=O)NC(N3CCCC3)C(=O)N12. The van der Waals surface area contributed by atoms with Crippen molar-refractivity contribution in [2.45, 2.75) is 57.8 Å². The lowest BCUT2D eigenvalue weighted by Crippen LogP contribution is -2.69. The number of carbonyl (C=O) groups is 2. The number of rotatable bonds is 3. The van der Waals surface area contributed by atoms with E-state index in [0.29, 0.717) is 12.3 Å². The number of para-hydroxylation sites is 1. The molecule has 2 unspecified atom stereocenters. The van der Waals surface area contributed by atoms with E-state index in [4.69, 9.17) is 0 Å². The molecule has 2 N–H and O–H groups in total. The van der Waals surface area contributed by atoms with E-state index in [1.54, 1.807) is 0 Å². The molecule has 2 aromatic rings. The van der Waals surface area contributed by atoms with Crippen LogP contribution in [0.5, 0.6) is 0 Å². The molecule has 5 rings (SSSR count). The first-order valence-electron chi connectivity index (χ1n) is 10.5. The van der Waals surface area contributed by atoms with Crippen molar-refractivity contribution in [1.82, 2.24) is 20.1 Å². The van der Waals surface area contributed by atoms with Crippen LogP contribution in [0.25, 0.3) is 10.9 Å². The normalized spacial score (nSPS) is 28.0. The lowest BCUT2D eigenvalue weighted by Gasteiger charge is -2.48. The minimum Gasteiger partial charge on any atom is -0.356 e. The van der Waals surface area contributed by atoms with Crippen LogP contribution < -0.4 is 5.32 Å². The third kappa shape index (κ3) is 2.65. The van der Waals surface area contributed by atoms with Gasteiger partial charge in [0.15, 0.2) is 6.17 Å². The summed E-state index contributed by atoms with van der Waals surface area (Å²) in [6.45, 7) is 6.11. The molecule has 1 aromatic heterocycles. The second kappa shape index (κ2) is 6.62. The van der Waals surface area contributed by atoms with Crippen molar-refractivity contribution >= 4 is 22.7 Å². The first kappa shape index (κ1) is 17.7. The van der Waals surface area contributed by atoms with Crippen molar-refractivity contribution in [2.75, 3.05) is 13.1 Å². The fourth-order valence-electron chi connectivity index (χ4n) is 5.26. The number of benzene rings is 1. The monoisotopic (exact) mass is 380 g/mol. The number of piperazine rings is 1. The molecule has 0 radical (unpaired) electrons. The lowest BCUT2D eigenvalue weighted by molar-refractivity contribution is -0.159. The third-order valence-corrected chi connectivity index (χ3v) is 6.52. The minimum absolute atomic E-state index is 0.0128. The molecule has 0 saturated carbocycles. The predicted octanol–water partition coefficient (Wildman–Crippen LogP) is 2.56. The lowest BCUT2D eigenvalue weighted by atomic mass is 9.86.